The van der Waals surface area contributed by atoms with Crippen molar-refractivity contribution in [1.82, 2.24) is 30.1 Å². The smallest absolute Gasteiger partial charge is 0.270 e. The number of aromatic nitrogens is 3. The zero-order chi connectivity index (χ0) is 28.8. The molecule has 0 bridgehead atoms. The van der Waals surface area contributed by atoms with Crippen LogP contribution in [0.25, 0.3) is 0 Å². The van der Waals surface area contributed by atoms with E-state index in [1.807, 2.05) is 11.0 Å². The van der Waals surface area contributed by atoms with Crippen LogP contribution in [0, 0.1) is 6.92 Å². The van der Waals surface area contributed by atoms with Crippen molar-refractivity contribution in [1.29, 1.82) is 0 Å². The number of carbonyl (C=O) groups is 2. The molecule has 41 heavy (non-hydrogen) atoms. The number of rotatable bonds is 10. The number of benzene rings is 1. The van der Waals surface area contributed by atoms with Crippen molar-refractivity contribution in [3.8, 4) is 5.75 Å². The molecule has 1 saturated heterocycles. The fourth-order valence-corrected chi connectivity index (χ4v) is 5.42. The van der Waals surface area contributed by atoms with E-state index >= 15 is 0 Å². The first-order valence-corrected chi connectivity index (χ1v) is 14.0. The number of β-amino-alcohol motifs (C(OH)–C–C–N with tert-alkyl or cyclic N) is 1. The number of carbonyl (C=O) groups excluding carboxylic acids is 2. The van der Waals surface area contributed by atoms with Gasteiger partial charge in [-0.3, -0.25) is 14.5 Å². The van der Waals surface area contributed by atoms with Crippen LogP contribution in [0.5, 0.6) is 5.75 Å². The van der Waals surface area contributed by atoms with Gasteiger partial charge >= 0.3 is 0 Å². The molecular formula is C29H37N7O5. The van der Waals surface area contributed by atoms with E-state index in [1.165, 1.54) is 23.8 Å². The number of fused-ring (bicyclic) bond motifs is 1. The van der Waals surface area contributed by atoms with Gasteiger partial charge in [0, 0.05) is 58.3 Å². The maximum atomic E-state index is 12.7. The zero-order valence-corrected chi connectivity index (χ0v) is 23.5. The van der Waals surface area contributed by atoms with Gasteiger partial charge in [0.1, 0.15) is 30.2 Å². The zero-order valence-electron chi connectivity index (χ0n) is 23.5. The largest absolute Gasteiger partial charge is 0.485 e. The van der Waals surface area contributed by atoms with Crippen molar-refractivity contribution in [2.45, 2.75) is 58.4 Å². The number of hydrogen-bond acceptors (Lipinski definition) is 10. The topological polar surface area (TPSA) is 146 Å². The Hall–Kier alpha value is -4.03. The summed E-state index contributed by atoms with van der Waals surface area (Å²) in [5, 5.41) is 16.8. The van der Waals surface area contributed by atoms with Crippen molar-refractivity contribution < 1.29 is 23.8 Å². The average Bonchev–Trinajstić information content (AvgIpc) is 3.50. The minimum Gasteiger partial charge on any atom is -0.485 e. The quantitative estimate of drug-likeness (QED) is 0.334. The van der Waals surface area contributed by atoms with Gasteiger partial charge in [0.05, 0.1) is 12.3 Å². The van der Waals surface area contributed by atoms with Gasteiger partial charge in [-0.05, 0) is 48.9 Å². The molecule has 5 rings (SSSR count). The molecule has 12 nitrogen and oxygen atoms in total. The predicted molar refractivity (Wildman–Crippen MR) is 150 cm³/mol. The molecule has 2 aliphatic rings. The molecule has 3 N–H and O–H groups in total. The van der Waals surface area contributed by atoms with E-state index in [-0.39, 0.29) is 30.1 Å². The van der Waals surface area contributed by atoms with Crippen molar-refractivity contribution in [3.63, 3.8) is 0 Å². The molecule has 0 radical (unpaired) electrons. The molecule has 2 aromatic heterocycles. The molecule has 3 aromatic rings. The standard InChI is InChI=1S/C29H37N7O5/c1-19-25-7-8-35(14-21(25)3-4-27(19)40-16-24-13-30-18-41-24)15-23(38)12-31-29(39)26-11-28(33-17-32-26)34-22-5-9-36(10-6-22)20(2)37/h3-4,11,13,17-18,22-23,38H,5-10,12,14-16H2,1-2H3,(H,31,39)(H,32,33,34). The molecule has 1 atom stereocenters. The van der Waals surface area contributed by atoms with Gasteiger partial charge in [-0.1, -0.05) is 6.07 Å². The van der Waals surface area contributed by atoms with Gasteiger partial charge in [-0.2, -0.15) is 0 Å². The fourth-order valence-electron chi connectivity index (χ4n) is 5.42. The summed E-state index contributed by atoms with van der Waals surface area (Å²) >= 11 is 0. The summed E-state index contributed by atoms with van der Waals surface area (Å²) in [5.74, 6) is 1.80. The minimum atomic E-state index is -0.725. The van der Waals surface area contributed by atoms with E-state index in [0.29, 0.717) is 37.8 Å². The second kappa shape index (κ2) is 13.1. The summed E-state index contributed by atoms with van der Waals surface area (Å²) in [6.07, 6.45) is 6.15. The predicted octanol–water partition coefficient (Wildman–Crippen LogP) is 1.92. The van der Waals surface area contributed by atoms with Gasteiger partial charge in [-0.15, -0.1) is 0 Å². The number of likely N-dealkylation sites (tertiary alicyclic amines) is 1. The number of aliphatic hydroxyl groups excluding tert-OH is 1. The first kappa shape index (κ1) is 28.5. The van der Waals surface area contributed by atoms with Crippen molar-refractivity contribution in [3.05, 3.63) is 65.3 Å². The number of nitrogens with zero attached hydrogens (tertiary/aromatic N) is 5. The second-order valence-corrected chi connectivity index (χ2v) is 10.6. The summed E-state index contributed by atoms with van der Waals surface area (Å²) in [6.45, 7) is 7.47. The molecule has 218 valence electrons. The van der Waals surface area contributed by atoms with Crippen molar-refractivity contribution in [2.24, 2.45) is 0 Å². The van der Waals surface area contributed by atoms with Crippen LogP contribution in [0.15, 0.2) is 41.5 Å². The fraction of sp³-hybridized carbons (Fsp3) is 0.483. The van der Waals surface area contributed by atoms with Crippen LogP contribution < -0.4 is 15.4 Å². The van der Waals surface area contributed by atoms with Crippen LogP contribution in [0.1, 0.15) is 52.7 Å². The number of oxazole rings is 1. The highest BCUT2D eigenvalue weighted by Gasteiger charge is 2.23. The lowest BCUT2D eigenvalue weighted by molar-refractivity contribution is -0.129. The maximum absolute atomic E-state index is 12.7. The number of aliphatic hydroxyl groups is 1. The van der Waals surface area contributed by atoms with E-state index in [9.17, 15) is 14.7 Å². The van der Waals surface area contributed by atoms with Crippen molar-refractivity contribution in [2.75, 3.05) is 38.0 Å². The minimum absolute atomic E-state index is 0.0895. The van der Waals surface area contributed by atoms with Gasteiger partial charge in [0.25, 0.3) is 5.91 Å². The average molecular weight is 564 g/mol. The van der Waals surface area contributed by atoms with Gasteiger partial charge in [0.15, 0.2) is 12.2 Å². The van der Waals surface area contributed by atoms with E-state index in [0.717, 1.165) is 43.7 Å². The highest BCUT2D eigenvalue weighted by atomic mass is 16.5. The molecule has 2 amide bonds. The van der Waals surface area contributed by atoms with Crippen molar-refractivity contribution >= 4 is 17.6 Å². The number of nitrogens with one attached hydrogen (secondary N) is 2. The third kappa shape index (κ3) is 7.39. The number of piperidine rings is 1. The molecule has 1 fully saturated rings. The van der Waals surface area contributed by atoms with Crippen LogP contribution >= 0.6 is 0 Å². The Balaban J connectivity index is 1.07. The van der Waals surface area contributed by atoms with E-state index < -0.39 is 6.10 Å². The number of ether oxygens (including phenoxy) is 1. The molecule has 1 aromatic carbocycles. The molecule has 4 heterocycles. The SMILES string of the molecule is CC(=O)N1CCC(Nc2cc(C(=O)NCC(O)CN3CCc4c(ccc(OCc5cnco5)c4C)C3)ncn2)CC1. The molecular weight excluding hydrogens is 526 g/mol. The first-order valence-electron chi connectivity index (χ1n) is 14.0. The van der Waals surface area contributed by atoms with Crippen LogP contribution in [-0.4, -0.2) is 86.5 Å². The van der Waals surface area contributed by atoms with Gasteiger partial charge < -0.3 is 29.8 Å². The second-order valence-electron chi connectivity index (χ2n) is 10.6. The van der Waals surface area contributed by atoms with Crippen LogP contribution in [0.2, 0.25) is 0 Å². The van der Waals surface area contributed by atoms with Gasteiger partial charge in [0.2, 0.25) is 5.91 Å². The molecule has 1 unspecified atom stereocenters. The summed E-state index contributed by atoms with van der Waals surface area (Å²) in [4.78, 5) is 40.6. The normalized spacial score (nSPS) is 16.6. The summed E-state index contributed by atoms with van der Waals surface area (Å²) in [7, 11) is 0. The molecule has 0 saturated carbocycles. The Morgan fingerprint density at radius 3 is 2.80 bits per heavy atom. The lowest BCUT2D eigenvalue weighted by Crippen LogP contribution is -2.42. The lowest BCUT2D eigenvalue weighted by Gasteiger charge is -2.32. The van der Waals surface area contributed by atoms with Crippen LogP contribution in [-0.2, 0) is 24.4 Å². The number of anilines is 1. The van der Waals surface area contributed by atoms with Crippen LogP contribution in [0.4, 0.5) is 5.82 Å². The third-order valence-electron chi connectivity index (χ3n) is 7.73. The monoisotopic (exact) mass is 563 g/mol. The molecule has 12 heteroatoms. The number of amides is 2. The Kier molecular flexibility index (Phi) is 9.10. The summed E-state index contributed by atoms with van der Waals surface area (Å²) in [6, 6.07) is 5.85. The Morgan fingerprint density at radius 2 is 2.05 bits per heavy atom. The lowest BCUT2D eigenvalue weighted by atomic mass is 9.94. The van der Waals surface area contributed by atoms with E-state index in [2.05, 4.69) is 43.5 Å². The Morgan fingerprint density at radius 1 is 1.22 bits per heavy atom. The van der Waals surface area contributed by atoms with Crippen LogP contribution in [0.3, 0.4) is 0 Å². The summed E-state index contributed by atoms with van der Waals surface area (Å²) in [5.41, 5.74) is 3.84. The highest BCUT2D eigenvalue weighted by Crippen LogP contribution is 2.30. The third-order valence-corrected chi connectivity index (χ3v) is 7.73. The molecule has 2 aliphatic heterocycles. The van der Waals surface area contributed by atoms with E-state index in [1.54, 1.807) is 19.2 Å². The first-order chi connectivity index (χ1) is 19.9. The highest BCUT2D eigenvalue weighted by molar-refractivity contribution is 5.92. The maximum Gasteiger partial charge on any atom is 0.270 e. The Labute approximate surface area is 239 Å². The number of hydrogen-bond donors (Lipinski definition) is 3. The molecule has 0 aliphatic carbocycles. The Bertz CT molecular complexity index is 1340. The molecule has 0 spiro atoms. The summed E-state index contributed by atoms with van der Waals surface area (Å²) < 4.78 is 11.2. The van der Waals surface area contributed by atoms with Gasteiger partial charge in [-0.25, -0.2) is 15.0 Å². The van der Waals surface area contributed by atoms with E-state index in [4.69, 9.17) is 9.15 Å².